The first kappa shape index (κ1) is 12.2. The predicted molar refractivity (Wildman–Crippen MR) is 69.1 cm³/mol. The molecule has 0 radical (unpaired) electrons. The standard InChI is InChI=1S/C14H22N2O2/c1-10(2)14-7-15-5-11(6-16(8-14)9-15)12(14)3-4-13(17)18/h3,10-11H,4-9H2,1-2H3,(H,17,18)/b12-3+. The highest BCUT2D eigenvalue weighted by Gasteiger charge is 2.53. The molecular formula is C14H22N2O2. The molecule has 4 nitrogen and oxygen atoms in total. The third-order valence-electron chi connectivity index (χ3n) is 4.99. The third kappa shape index (κ3) is 1.70. The Hall–Kier alpha value is -0.870. The number of carboxylic acids is 1. The van der Waals surface area contributed by atoms with E-state index in [4.69, 9.17) is 5.11 Å². The monoisotopic (exact) mass is 250 g/mol. The van der Waals surface area contributed by atoms with Gasteiger partial charge in [-0.1, -0.05) is 25.5 Å². The zero-order valence-corrected chi connectivity index (χ0v) is 11.2. The number of piperidine rings is 2. The van der Waals surface area contributed by atoms with Crippen LogP contribution in [0.4, 0.5) is 0 Å². The Morgan fingerprint density at radius 3 is 2.56 bits per heavy atom. The summed E-state index contributed by atoms with van der Waals surface area (Å²) in [7, 11) is 0. The Balaban J connectivity index is 1.96. The Morgan fingerprint density at radius 2 is 2.06 bits per heavy atom. The Morgan fingerprint density at radius 1 is 1.44 bits per heavy atom. The van der Waals surface area contributed by atoms with E-state index < -0.39 is 5.97 Å². The van der Waals surface area contributed by atoms with Crippen LogP contribution in [-0.4, -0.2) is 53.7 Å². The summed E-state index contributed by atoms with van der Waals surface area (Å²) in [5.74, 6) is 0.421. The van der Waals surface area contributed by atoms with E-state index in [1.54, 1.807) is 0 Å². The van der Waals surface area contributed by atoms with Crippen molar-refractivity contribution >= 4 is 5.97 Å². The highest BCUT2D eigenvalue weighted by atomic mass is 16.4. The molecule has 4 heterocycles. The normalized spacial score (nSPS) is 43.9. The number of hydrogen-bond acceptors (Lipinski definition) is 3. The van der Waals surface area contributed by atoms with Crippen LogP contribution in [0, 0.1) is 17.3 Å². The third-order valence-corrected chi connectivity index (χ3v) is 4.99. The van der Waals surface area contributed by atoms with Crippen LogP contribution < -0.4 is 0 Å². The zero-order valence-electron chi connectivity index (χ0n) is 11.2. The summed E-state index contributed by atoms with van der Waals surface area (Å²) in [5, 5.41) is 8.93. The largest absolute Gasteiger partial charge is 0.481 e. The molecule has 4 rings (SSSR count). The Labute approximate surface area is 108 Å². The maximum atomic E-state index is 10.8. The topological polar surface area (TPSA) is 43.8 Å². The fourth-order valence-electron chi connectivity index (χ4n) is 4.21. The fourth-order valence-corrected chi connectivity index (χ4v) is 4.21. The van der Waals surface area contributed by atoms with Gasteiger partial charge in [0.15, 0.2) is 0 Å². The number of hydrogen-bond donors (Lipinski definition) is 1. The second-order valence-electron chi connectivity index (χ2n) is 6.43. The molecule has 0 saturated carbocycles. The van der Waals surface area contributed by atoms with Crippen molar-refractivity contribution in [2.24, 2.45) is 17.3 Å². The van der Waals surface area contributed by atoms with Gasteiger partial charge in [0.25, 0.3) is 0 Å². The van der Waals surface area contributed by atoms with Gasteiger partial charge in [0.2, 0.25) is 0 Å². The molecule has 0 aliphatic carbocycles. The SMILES string of the molecule is CC(C)C12CN3CC(CN(C3)C1)/C2=C\CC(=O)O. The van der Waals surface area contributed by atoms with Crippen molar-refractivity contribution in [2.75, 3.05) is 32.8 Å². The molecule has 4 bridgehead atoms. The molecule has 100 valence electrons. The van der Waals surface area contributed by atoms with Gasteiger partial charge in [-0.05, 0) is 5.92 Å². The van der Waals surface area contributed by atoms with Crippen molar-refractivity contribution in [3.63, 3.8) is 0 Å². The summed E-state index contributed by atoms with van der Waals surface area (Å²) >= 11 is 0. The summed E-state index contributed by atoms with van der Waals surface area (Å²) in [4.78, 5) is 15.9. The highest BCUT2D eigenvalue weighted by molar-refractivity contribution is 5.69. The minimum atomic E-state index is -0.712. The van der Waals surface area contributed by atoms with Crippen LogP contribution in [0.5, 0.6) is 0 Å². The molecule has 18 heavy (non-hydrogen) atoms. The smallest absolute Gasteiger partial charge is 0.307 e. The maximum absolute atomic E-state index is 10.8. The van der Waals surface area contributed by atoms with Crippen LogP contribution in [0.1, 0.15) is 20.3 Å². The van der Waals surface area contributed by atoms with Crippen molar-refractivity contribution < 1.29 is 9.90 Å². The van der Waals surface area contributed by atoms with Gasteiger partial charge in [-0.15, -0.1) is 0 Å². The van der Waals surface area contributed by atoms with E-state index in [2.05, 4.69) is 23.6 Å². The van der Waals surface area contributed by atoms with Crippen molar-refractivity contribution in [3.8, 4) is 0 Å². The van der Waals surface area contributed by atoms with Crippen LogP contribution in [-0.2, 0) is 4.79 Å². The van der Waals surface area contributed by atoms with Gasteiger partial charge >= 0.3 is 5.97 Å². The van der Waals surface area contributed by atoms with Gasteiger partial charge in [0.1, 0.15) is 0 Å². The van der Waals surface area contributed by atoms with E-state index in [0.29, 0.717) is 11.8 Å². The molecule has 0 aromatic carbocycles. The number of aliphatic carboxylic acids is 1. The molecule has 4 fully saturated rings. The van der Waals surface area contributed by atoms with Crippen LogP contribution in [0.25, 0.3) is 0 Å². The quantitative estimate of drug-likeness (QED) is 0.766. The van der Waals surface area contributed by atoms with Crippen molar-refractivity contribution in [1.29, 1.82) is 0 Å². The molecule has 0 spiro atoms. The minimum absolute atomic E-state index is 0.181. The fraction of sp³-hybridized carbons (Fsp3) is 0.786. The lowest BCUT2D eigenvalue weighted by Crippen LogP contribution is -2.69. The van der Waals surface area contributed by atoms with Crippen LogP contribution >= 0.6 is 0 Å². The number of nitrogens with zero attached hydrogens (tertiary/aromatic N) is 2. The van der Waals surface area contributed by atoms with Gasteiger partial charge in [0.05, 0.1) is 13.1 Å². The molecule has 4 heteroatoms. The first-order chi connectivity index (χ1) is 8.51. The molecule has 0 amide bonds. The predicted octanol–water partition coefficient (Wildman–Crippen LogP) is 1.25. The molecule has 4 saturated heterocycles. The molecule has 0 aromatic heterocycles. The van der Waals surface area contributed by atoms with Gasteiger partial charge in [0, 0.05) is 37.5 Å². The summed E-state index contributed by atoms with van der Waals surface area (Å²) < 4.78 is 0. The summed E-state index contributed by atoms with van der Waals surface area (Å²) in [6, 6.07) is 0. The average Bonchev–Trinajstić information content (AvgIpc) is 2.26. The van der Waals surface area contributed by atoms with Crippen molar-refractivity contribution in [1.82, 2.24) is 9.80 Å². The second kappa shape index (κ2) is 4.07. The van der Waals surface area contributed by atoms with Crippen molar-refractivity contribution in [3.05, 3.63) is 11.6 Å². The van der Waals surface area contributed by atoms with Gasteiger partial charge in [-0.3, -0.25) is 14.6 Å². The average molecular weight is 250 g/mol. The van der Waals surface area contributed by atoms with Crippen molar-refractivity contribution in [2.45, 2.75) is 20.3 Å². The lowest BCUT2D eigenvalue weighted by atomic mass is 9.60. The minimum Gasteiger partial charge on any atom is -0.481 e. The van der Waals surface area contributed by atoms with E-state index in [-0.39, 0.29) is 11.8 Å². The molecule has 4 aliphatic heterocycles. The van der Waals surface area contributed by atoms with Gasteiger partial charge in [-0.25, -0.2) is 0 Å². The van der Waals surface area contributed by atoms with Gasteiger partial charge in [-0.2, -0.15) is 0 Å². The lowest BCUT2D eigenvalue weighted by Gasteiger charge is -2.62. The number of carbonyl (C=O) groups is 1. The summed E-state index contributed by atoms with van der Waals surface area (Å²) in [6.07, 6.45) is 2.20. The van der Waals surface area contributed by atoms with E-state index in [1.807, 2.05) is 6.08 Å². The van der Waals surface area contributed by atoms with Crippen LogP contribution in [0.3, 0.4) is 0 Å². The van der Waals surface area contributed by atoms with Crippen LogP contribution in [0.2, 0.25) is 0 Å². The second-order valence-corrected chi connectivity index (χ2v) is 6.43. The molecular weight excluding hydrogens is 228 g/mol. The molecule has 2 unspecified atom stereocenters. The number of rotatable bonds is 3. The first-order valence-corrected chi connectivity index (χ1v) is 6.88. The van der Waals surface area contributed by atoms with E-state index >= 15 is 0 Å². The summed E-state index contributed by atoms with van der Waals surface area (Å²) in [5.41, 5.74) is 1.64. The Bertz CT molecular complexity index is 389. The Kier molecular flexibility index (Phi) is 2.75. The van der Waals surface area contributed by atoms with Gasteiger partial charge < -0.3 is 5.11 Å². The maximum Gasteiger partial charge on any atom is 0.307 e. The molecule has 2 atom stereocenters. The summed E-state index contributed by atoms with van der Waals surface area (Å²) in [6.45, 7) is 10.1. The van der Waals surface area contributed by atoms with E-state index in [1.165, 1.54) is 5.57 Å². The van der Waals surface area contributed by atoms with Crippen LogP contribution in [0.15, 0.2) is 11.6 Å². The lowest BCUT2D eigenvalue weighted by molar-refractivity contribution is -0.136. The van der Waals surface area contributed by atoms with E-state index in [9.17, 15) is 4.79 Å². The highest BCUT2D eigenvalue weighted by Crippen LogP contribution is 2.50. The molecule has 0 aromatic rings. The first-order valence-electron chi connectivity index (χ1n) is 6.88. The molecule has 4 aliphatic rings. The number of carboxylic acid groups (broad SMARTS) is 1. The zero-order chi connectivity index (χ0) is 12.9. The molecule has 1 N–H and O–H groups in total. The van der Waals surface area contributed by atoms with E-state index in [0.717, 1.165) is 32.8 Å².